The Morgan fingerprint density at radius 1 is 1.67 bits per heavy atom. The Balaban J connectivity index is 3.93. The van der Waals surface area contributed by atoms with Crippen molar-refractivity contribution in [1.29, 1.82) is 0 Å². The number of hydrogen-bond donors (Lipinski definition) is 2. The van der Waals surface area contributed by atoms with Crippen molar-refractivity contribution in [3.05, 3.63) is 11.6 Å². The maximum absolute atomic E-state index is 10.6. The lowest BCUT2D eigenvalue weighted by Gasteiger charge is -2.05. The molecule has 0 saturated carbocycles. The van der Waals surface area contributed by atoms with Gasteiger partial charge in [-0.05, 0) is 13.3 Å². The van der Waals surface area contributed by atoms with E-state index in [2.05, 4.69) is 4.74 Å². The van der Waals surface area contributed by atoms with Gasteiger partial charge in [0.15, 0.2) is 0 Å². The molecule has 0 heterocycles. The quantitative estimate of drug-likeness (QED) is 0.459. The number of esters is 1. The molecule has 70 valence electrons. The van der Waals surface area contributed by atoms with E-state index in [1.807, 2.05) is 0 Å². The van der Waals surface area contributed by atoms with E-state index < -0.39 is 12.1 Å². The Kier molecular flexibility index (Phi) is 5.32. The number of rotatable bonds is 4. The van der Waals surface area contributed by atoms with Crippen molar-refractivity contribution < 1.29 is 19.7 Å². The molecule has 0 amide bonds. The molecule has 0 aromatic rings. The highest BCUT2D eigenvalue weighted by atomic mass is 16.5. The zero-order chi connectivity index (χ0) is 9.56. The lowest BCUT2D eigenvalue weighted by atomic mass is 10.1. The Hall–Kier alpha value is -0.870. The summed E-state index contributed by atoms with van der Waals surface area (Å²) in [5.41, 5.74) is 0.684. The number of methoxy groups -OCH3 is 1. The Morgan fingerprint density at radius 2 is 2.25 bits per heavy atom. The molecule has 2 N–H and O–H groups in total. The van der Waals surface area contributed by atoms with Crippen LogP contribution in [0.25, 0.3) is 0 Å². The fourth-order valence-corrected chi connectivity index (χ4v) is 0.755. The zero-order valence-electron chi connectivity index (χ0n) is 7.28. The molecule has 0 saturated heterocycles. The third-order valence-corrected chi connectivity index (χ3v) is 1.33. The highest BCUT2D eigenvalue weighted by Gasteiger charge is 2.04. The molecule has 4 nitrogen and oxygen atoms in total. The lowest BCUT2D eigenvalue weighted by Crippen LogP contribution is -2.12. The van der Waals surface area contributed by atoms with E-state index in [9.17, 15) is 4.79 Å². The van der Waals surface area contributed by atoms with Gasteiger partial charge in [-0.1, -0.05) is 5.57 Å². The summed E-state index contributed by atoms with van der Waals surface area (Å²) in [5, 5.41) is 17.5. The predicted molar refractivity (Wildman–Crippen MR) is 43.5 cm³/mol. The van der Waals surface area contributed by atoms with Gasteiger partial charge in [-0.25, -0.2) is 4.79 Å². The van der Waals surface area contributed by atoms with Crippen LogP contribution in [-0.4, -0.2) is 36.0 Å². The van der Waals surface area contributed by atoms with Gasteiger partial charge in [-0.2, -0.15) is 0 Å². The van der Waals surface area contributed by atoms with Crippen molar-refractivity contribution in [2.24, 2.45) is 0 Å². The maximum Gasteiger partial charge on any atom is 0.330 e. The summed E-state index contributed by atoms with van der Waals surface area (Å²) in [6.45, 7) is 1.39. The van der Waals surface area contributed by atoms with Gasteiger partial charge in [0.2, 0.25) is 0 Å². The van der Waals surface area contributed by atoms with Crippen LogP contribution >= 0.6 is 0 Å². The SMILES string of the molecule is COC(=O)/C=C(\C)CC(O)CO. The smallest absolute Gasteiger partial charge is 0.330 e. The summed E-state index contributed by atoms with van der Waals surface area (Å²) < 4.78 is 4.38. The summed E-state index contributed by atoms with van der Waals surface area (Å²) >= 11 is 0. The van der Waals surface area contributed by atoms with Gasteiger partial charge in [0.1, 0.15) is 0 Å². The van der Waals surface area contributed by atoms with Crippen molar-refractivity contribution in [3.8, 4) is 0 Å². The zero-order valence-corrected chi connectivity index (χ0v) is 7.28. The molecule has 0 aromatic heterocycles. The molecule has 12 heavy (non-hydrogen) atoms. The average Bonchev–Trinajstić information content (AvgIpc) is 2.03. The fourth-order valence-electron chi connectivity index (χ4n) is 0.755. The Bertz CT molecular complexity index is 174. The third kappa shape index (κ3) is 4.87. The molecule has 0 rings (SSSR count). The molecule has 4 heteroatoms. The van der Waals surface area contributed by atoms with Crippen molar-refractivity contribution >= 4 is 5.97 Å². The van der Waals surface area contributed by atoms with Gasteiger partial charge in [-0.3, -0.25) is 0 Å². The molecule has 0 aliphatic rings. The van der Waals surface area contributed by atoms with E-state index in [4.69, 9.17) is 10.2 Å². The van der Waals surface area contributed by atoms with Crippen molar-refractivity contribution in [2.75, 3.05) is 13.7 Å². The van der Waals surface area contributed by atoms with Crippen LogP contribution in [0.15, 0.2) is 11.6 Å². The monoisotopic (exact) mass is 174 g/mol. The summed E-state index contributed by atoms with van der Waals surface area (Å²) in [7, 11) is 1.29. The second-order valence-electron chi connectivity index (χ2n) is 2.55. The van der Waals surface area contributed by atoms with Crippen LogP contribution in [0.2, 0.25) is 0 Å². The number of ether oxygens (including phenoxy) is 1. The van der Waals surface area contributed by atoms with Gasteiger partial charge in [0.25, 0.3) is 0 Å². The van der Waals surface area contributed by atoms with Gasteiger partial charge < -0.3 is 14.9 Å². The minimum Gasteiger partial charge on any atom is -0.466 e. The third-order valence-electron chi connectivity index (χ3n) is 1.33. The van der Waals surface area contributed by atoms with Gasteiger partial charge in [-0.15, -0.1) is 0 Å². The number of aliphatic hydroxyl groups excluding tert-OH is 2. The Morgan fingerprint density at radius 3 is 2.67 bits per heavy atom. The summed E-state index contributed by atoms with van der Waals surface area (Å²) in [6, 6.07) is 0. The molecule has 1 atom stereocenters. The van der Waals surface area contributed by atoms with Gasteiger partial charge in [0.05, 0.1) is 19.8 Å². The molecule has 0 spiro atoms. The molecular formula is C8H14O4. The molecule has 0 aliphatic carbocycles. The molecule has 0 radical (unpaired) electrons. The largest absolute Gasteiger partial charge is 0.466 e. The van der Waals surface area contributed by atoms with E-state index in [1.54, 1.807) is 6.92 Å². The van der Waals surface area contributed by atoms with Crippen LogP contribution in [0.1, 0.15) is 13.3 Å². The molecular weight excluding hydrogens is 160 g/mol. The summed E-state index contributed by atoms with van der Waals surface area (Å²) in [4.78, 5) is 10.6. The minimum atomic E-state index is -0.800. The van der Waals surface area contributed by atoms with Crippen LogP contribution in [0.4, 0.5) is 0 Å². The van der Waals surface area contributed by atoms with E-state index in [-0.39, 0.29) is 13.0 Å². The first kappa shape index (κ1) is 11.1. The number of hydrogen-bond acceptors (Lipinski definition) is 4. The highest BCUT2D eigenvalue weighted by molar-refractivity contribution is 5.82. The van der Waals surface area contributed by atoms with Crippen molar-refractivity contribution in [2.45, 2.75) is 19.4 Å². The summed E-state index contributed by atoms with van der Waals surface area (Å²) in [5.74, 6) is -0.447. The second kappa shape index (κ2) is 5.74. The van der Waals surface area contributed by atoms with E-state index in [0.717, 1.165) is 0 Å². The molecule has 0 aromatic carbocycles. The predicted octanol–water partition coefficient (Wildman–Crippen LogP) is -0.151. The minimum absolute atomic E-state index is 0.283. The van der Waals surface area contributed by atoms with Crippen molar-refractivity contribution in [3.63, 3.8) is 0 Å². The molecule has 1 unspecified atom stereocenters. The lowest BCUT2D eigenvalue weighted by molar-refractivity contribution is -0.134. The van der Waals surface area contributed by atoms with Crippen LogP contribution in [0.5, 0.6) is 0 Å². The van der Waals surface area contributed by atoms with E-state index >= 15 is 0 Å². The van der Waals surface area contributed by atoms with E-state index in [0.29, 0.717) is 5.57 Å². The first-order valence-corrected chi connectivity index (χ1v) is 3.64. The normalized spacial score (nSPS) is 14.2. The average molecular weight is 174 g/mol. The first-order chi connectivity index (χ1) is 5.60. The van der Waals surface area contributed by atoms with Crippen LogP contribution < -0.4 is 0 Å². The molecule has 0 aliphatic heterocycles. The highest BCUT2D eigenvalue weighted by Crippen LogP contribution is 2.03. The van der Waals surface area contributed by atoms with Crippen LogP contribution in [0.3, 0.4) is 0 Å². The van der Waals surface area contributed by atoms with E-state index in [1.165, 1.54) is 13.2 Å². The van der Waals surface area contributed by atoms with Crippen LogP contribution in [0, 0.1) is 0 Å². The van der Waals surface area contributed by atoms with Gasteiger partial charge >= 0.3 is 5.97 Å². The second-order valence-corrected chi connectivity index (χ2v) is 2.55. The maximum atomic E-state index is 10.6. The fraction of sp³-hybridized carbons (Fsp3) is 0.625. The van der Waals surface area contributed by atoms with Crippen LogP contribution in [-0.2, 0) is 9.53 Å². The molecule has 0 fully saturated rings. The number of carbonyl (C=O) groups excluding carboxylic acids is 1. The number of carbonyl (C=O) groups is 1. The summed E-state index contributed by atoms with van der Waals surface area (Å²) in [6.07, 6.45) is 0.774. The Labute approximate surface area is 71.5 Å². The standard InChI is InChI=1S/C8H14O4/c1-6(3-7(10)5-9)4-8(11)12-2/h4,7,9-10H,3,5H2,1-2H3/b6-4+. The van der Waals surface area contributed by atoms with Gasteiger partial charge in [0, 0.05) is 6.08 Å². The first-order valence-electron chi connectivity index (χ1n) is 3.64. The molecule has 0 bridgehead atoms. The number of aliphatic hydroxyl groups is 2. The topological polar surface area (TPSA) is 66.8 Å². The van der Waals surface area contributed by atoms with Crippen molar-refractivity contribution in [1.82, 2.24) is 0 Å².